The minimum absolute atomic E-state index is 0.0562. The summed E-state index contributed by atoms with van der Waals surface area (Å²) in [5, 5.41) is 28.5. The van der Waals surface area contributed by atoms with Crippen molar-refractivity contribution in [3.63, 3.8) is 0 Å². The lowest BCUT2D eigenvalue weighted by atomic mass is 9.92. The number of para-hydroxylation sites is 1. The Hall–Kier alpha value is -3.39. The Morgan fingerprint density at radius 3 is 2.52 bits per heavy atom. The van der Waals surface area contributed by atoms with Crippen LogP contribution in [0.3, 0.4) is 0 Å². The number of hydrogen-bond acceptors (Lipinski definition) is 9. The number of carboxylic acids is 1. The molecule has 13 nitrogen and oxygen atoms in total. The second-order valence-corrected chi connectivity index (χ2v) is 8.37. The summed E-state index contributed by atoms with van der Waals surface area (Å²) in [7, 11) is 0. The summed E-state index contributed by atoms with van der Waals surface area (Å²) in [5.74, 6) is -4.48. The molecule has 1 aliphatic heterocycles. The van der Waals surface area contributed by atoms with Gasteiger partial charge in [0.25, 0.3) is 5.91 Å². The van der Waals surface area contributed by atoms with Crippen molar-refractivity contribution < 1.29 is 48.0 Å². The summed E-state index contributed by atoms with van der Waals surface area (Å²) in [4.78, 5) is 48.3. The van der Waals surface area contributed by atoms with Crippen LogP contribution in [-0.2, 0) is 25.4 Å². The average molecular weight is 458 g/mol. The fraction of sp³-hybridized carbons (Fsp3) is 0.412. The van der Waals surface area contributed by atoms with Gasteiger partial charge in [0.05, 0.1) is 10.3 Å². The molecule has 4 atom stereocenters. The molecule has 0 aliphatic carbocycles. The van der Waals surface area contributed by atoms with Gasteiger partial charge in [0.1, 0.15) is 12.6 Å². The van der Waals surface area contributed by atoms with Crippen LogP contribution in [0.5, 0.6) is 11.5 Å². The van der Waals surface area contributed by atoms with Gasteiger partial charge < -0.3 is 29.5 Å². The largest absolute Gasteiger partial charge is 0.772 e. The van der Waals surface area contributed by atoms with Crippen LogP contribution in [0.1, 0.15) is 30.6 Å². The van der Waals surface area contributed by atoms with Crippen molar-refractivity contribution in [2.75, 3.05) is 6.61 Å². The van der Waals surface area contributed by atoms with E-state index in [-0.39, 0.29) is 12.0 Å². The fourth-order valence-electron chi connectivity index (χ4n) is 3.02. The molecule has 0 radical (unpaired) electrons. The summed E-state index contributed by atoms with van der Waals surface area (Å²) in [5.41, 5.74) is 3.30. The zero-order valence-corrected chi connectivity index (χ0v) is 17.2. The molecule has 14 heteroatoms. The Morgan fingerprint density at radius 2 is 2.00 bits per heavy atom. The SMILES string of the molecule is C[C@@H]1CC(=O)N1[C@@H](C(=O)O)[C@](C)(COC(=O)NNC(=O)c1cccc(O)c1O)S(=O)[O-]. The number of likely N-dealkylation sites (tertiary alicyclic amines) is 1. The van der Waals surface area contributed by atoms with Gasteiger partial charge in [-0.3, -0.25) is 19.2 Å². The summed E-state index contributed by atoms with van der Waals surface area (Å²) in [6.07, 6.45) is -1.28. The van der Waals surface area contributed by atoms with E-state index in [1.54, 1.807) is 12.3 Å². The van der Waals surface area contributed by atoms with Crippen molar-refractivity contribution in [3.8, 4) is 11.5 Å². The van der Waals surface area contributed by atoms with Crippen molar-refractivity contribution in [1.29, 1.82) is 0 Å². The summed E-state index contributed by atoms with van der Waals surface area (Å²) < 4.78 is 26.2. The standard InChI is InChI=1S/C17H21N3O10S/c1-8-6-11(22)20(8)13(15(25)26)17(2,31(28)29)7-30-16(27)19-18-14(24)9-4-3-5-10(21)12(9)23/h3-5,8,13,21,23H,6-7H2,1-2H3,(H,18,24)(H,19,27)(H,25,26)(H,28,29)/p-1/t8-,13+,17+/m1/s1. The van der Waals surface area contributed by atoms with Gasteiger partial charge in [-0.25, -0.2) is 15.0 Å². The predicted molar refractivity (Wildman–Crippen MR) is 101 cm³/mol. The fourth-order valence-corrected chi connectivity index (χ4v) is 3.57. The number of nitrogens with zero attached hydrogens (tertiary/aromatic N) is 1. The molecule has 1 saturated heterocycles. The molecule has 5 N–H and O–H groups in total. The van der Waals surface area contributed by atoms with Crippen molar-refractivity contribution >= 4 is 35.0 Å². The van der Waals surface area contributed by atoms with Gasteiger partial charge in [-0.2, -0.15) is 0 Å². The first-order valence-corrected chi connectivity index (χ1v) is 9.85. The maximum absolute atomic E-state index is 12.0. The van der Waals surface area contributed by atoms with E-state index in [0.717, 1.165) is 24.0 Å². The number of benzene rings is 1. The van der Waals surface area contributed by atoms with Crippen molar-refractivity contribution in [2.45, 2.75) is 37.1 Å². The van der Waals surface area contributed by atoms with E-state index >= 15 is 0 Å². The van der Waals surface area contributed by atoms with Crippen LogP contribution < -0.4 is 10.9 Å². The first kappa shape index (κ1) is 23.9. The molecule has 1 aliphatic rings. The molecule has 3 amide bonds. The molecule has 1 unspecified atom stereocenters. The number of phenols is 2. The number of nitrogens with one attached hydrogen (secondary N) is 2. The van der Waals surface area contributed by atoms with E-state index in [1.807, 2.05) is 5.43 Å². The van der Waals surface area contributed by atoms with Gasteiger partial charge in [0.2, 0.25) is 5.91 Å². The number of carbonyl (C=O) groups excluding carboxylic acids is 3. The second-order valence-electron chi connectivity index (χ2n) is 6.97. The van der Waals surface area contributed by atoms with Crippen LogP contribution in [0.25, 0.3) is 0 Å². The van der Waals surface area contributed by atoms with Crippen LogP contribution in [0.4, 0.5) is 4.79 Å². The Balaban J connectivity index is 2.05. The number of hydrogen-bond donors (Lipinski definition) is 5. The third-order valence-corrected chi connectivity index (χ3v) is 5.83. The highest BCUT2D eigenvalue weighted by atomic mass is 32.2. The molecule has 0 bridgehead atoms. The molecule has 0 spiro atoms. The van der Waals surface area contributed by atoms with Crippen LogP contribution >= 0.6 is 0 Å². The number of carboxylic acid groups (broad SMARTS) is 1. The smallest absolute Gasteiger partial charge is 0.426 e. The predicted octanol–water partition coefficient (Wildman–Crippen LogP) is -0.819. The number of amides is 3. The summed E-state index contributed by atoms with van der Waals surface area (Å²) in [6, 6.07) is 1.22. The molecular weight excluding hydrogens is 438 g/mol. The number of aromatic hydroxyl groups is 2. The van der Waals surface area contributed by atoms with Crippen molar-refractivity contribution in [1.82, 2.24) is 15.8 Å². The highest BCUT2D eigenvalue weighted by molar-refractivity contribution is 7.80. The van der Waals surface area contributed by atoms with E-state index in [9.17, 15) is 43.3 Å². The first-order valence-electron chi connectivity index (χ1n) is 8.77. The van der Waals surface area contributed by atoms with Gasteiger partial charge in [-0.15, -0.1) is 0 Å². The normalized spacial score (nSPS) is 19.4. The van der Waals surface area contributed by atoms with Crippen LogP contribution in [-0.4, -0.2) is 76.3 Å². The second kappa shape index (κ2) is 9.18. The van der Waals surface area contributed by atoms with E-state index in [4.69, 9.17) is 4.74 Å². The molecule has 1 aromatic rings. The zero-order valence-electron chi connectivity index (χ0n) is 16.4. The molecule has 0 aromatic heterocycles. The molecule has 1 fully saturated rings. The minimum atomic E-state index is -3.08. The molecular formula is C17H20N3O10S-. The van der Waals surface area contributed by atoms with E-state index < -0.39 is 69.9 Å². The summed E-state index contributed by atoms with van der Waals surface area (Å²) in [6.45, 7) is 1.60. The Labute approximate surface area is 178 Å². The maximum atomic E-state index is 12.0. The van der Waals surface area contributed by atoms with Crippen molar-refractivity contribution in [3.05, 3.63) is 23.8 Å². The molecule has 170 valence electrons. The third-order valence-electron chi connectivity index (χ3n) is 4.73. The van der Waals surface area contributed by atoms with Crippen LogP contribution in [0.15, 0.2) is 18.2 Å². The number of carbonyl (C=O) groups is 4. The highest BCUT2D eigenvalue weighted by Crippen LogP contribution is 2.31. The number of hydrazine groups is 1. The average Bonchev–Trinajstić information content (AvgIpc) is 2.69. The number of rotatable bonds is 7. The highest BCUT2D eigenvalue weighted by Gasteiger charge is 2.52. The lowest BCUT2D eigenvalue weighted by Crippen LogP contribution is -2.68. The van der Waals surface area contributed by atoms with Crippen LogP contribution in [0.2, 0.25) is 0 Å². The number of ether oxygens (including phenoxy) is 1. The van der Waals surface area contributed by atoms with Gasteiger partial charge in [0, 0.05) is 12.5 Å². The first-order chi connectivity index (χ1) is 14.4. The van der Waals surface area contributed by atoms with E-state index in [1.165, 1.54) is 6.07 Å². The lowest BCUT2D eigenvalue weighted by molar-refractivity contribution is -0.163. The zero-order chi connectivity index (χ0) is 23.5. The van der Waals surface area contributed by atoms with Gasteiger partial charge >= 0.3 is 12.1 Å². The quantitative estimate of drug-likeness (QED) is 0.148. The summed E-state index contributed by atoms with van der Waals surface area (Å²) >= 11 is -3.08. The number of β-lactam (4-membered cyclic amide) rings is 1. The van der Waals surface area contributed by atoms with Crippen LogP contribution in [0, 0.1) is 0 Å². The Kier molecular flexibility index (Phi) is 7.07. The molecule has 0 saturated carbocycles. The Bertz CT molecular complexity index is 939. The Morgan fingerprint density at radius 1 is 1.35 bits per heavy atom. The number of aliphatic carboxylic acids is 1. The lowest BCUT2D eigenvalue weighted by Gasteiger charge is -2.49. The van der Waals surface area contributed by atoms with E-state index in [2.05, 4.69) is 0 Å². The molecule has 2 rings (SSSR count). The topological polar surface area (TPSA) is 206 Å². The number of phenolic OH excluding ortho intramolecular Hbond substituents is 2. The van der Waals surface area contributed by atoms with Gasteiger partial charge in [0.15, 0.2) is 11.5 Å². The molecule has 1 heterocycles. The monoisotopic (exact) mass is 458 g/mol. The molecule has 31 heavy (non-hydrogen) atoms. The maximum Gasteiger partial charge on any atom is 0.426 e. The minimum Gasteiger partial charge on any atom is -0.772 e. The third kappa shape index (κ3) is 4.86. The van der Waals surface area contributed by atoms with Gasteiger partial charge in [-0.05, 0) is 37.1 Å². The molecule has 1 aromatic carbocycles. The van der Waals surface area contributed by atoms with Crippen molar-refractivity contribution in [2.24, 2.45) is 0 Å². The van der Waals surface area contributed by atoms with Gasteiger partial charge in [-0.1, -0.05) is 6.07 Å². The van der Waals surface area contributed by atoms with E-state index in [0.29, 0.717) is 0 Å².